The summed E-state index contributed by atoms with van der Waals surface area (Å²) in [5, 5.41) is 2.07. The zero-order valence-electron chi connectivity index (χ0n) is 14.0. The van der Waals surface area contributed by atoms with E-state index in [9.17, 15) is 0 Å². The van der Waals surface area contributed by atoms with E-state index in [2.05, 4.69) is 52.0 Å². The van der Waals surface area contributed by atoms with Gasteiger partial charge in [-0.05, 0) is 61.9 Å². The summed E-state index contributed by atoms with van der Waals surface area (Å²) in [5.41, 5.74) is 6.15. The first kappa shape index (κ1) is 15.4. The van der Waals surface area contributed by atoms with Gasteiger partial charge in [0.25, 0.3) is 0 Å². The lowest BCUT2D eigenvalue weighted by Gasteiger charge is -2.23. The first-order valence-electron chi connectivity index (χ1n) is 8.22. The van der Waals surface area contributed by atoms with Gasteiger partial charge in [0.15, 0.2) is 0 Å². The van der Waals surface area contributed by atoms with Gasteiger partial charge in [0.05, 0.1) is 5.52 Å². The van der Waals surface area contributed by atoms with Gasteiger partial charge in [0.2, 0.25) is 0 Å². The summed E-state index contributed by atoms with van der Waals surface area (Å²) >= 11 is 6.24. The van der Waals surface area contributed by atoms with E-state index in [1.54, 1.807) is 0 Å². The maximum absolute atomic E-state index is 6.24. The topological polar surface area (TPSA) is 21.1 Å². The van der Waals surface area contributed by atoms with Crippen LogP contribution in [0.5, 0.6) is 0 Å². The highest BCUT2D eigenvalue weighted by molar-refractivity contribution is 6.31. The van der Waals surface area contributed by atoms with E-state index in [1.165, 1.54) is 22.2 Å². The van der Waals surface area contributed by atoms with Crippen molar-refractivity contribution in [1.29, 1.82) is 0 Å². The van der Waals surface area contributed by atoms with E-state index in [0.29, 0.717) is 0 Å². The van der Waals surface area contributed by atoms with Crippen LogP contribution in [0.1, 0.15) is 22.5 Å². The Morgan fingerprint density at radius 1 is 1.21 bits per heavy atom. The Kier molecular flexibility index (Phi) is 3.91. The van der Waals surface area contributed by atoms with Crippen molar-refractivity contribution in [2.75, 3.05) is 13.6 Å². The molecule has 4 rings (SSSR count). The minimum absolute atomic E-state index is 0.799. The van der Waals surface area contributed by atoms with Crippen LogP contribution >= 0.6 is 11.6 Å². The lowest BCUT2D eigenvalue weighted by atomic mass is 10.0. The van der Waals surface area contributed by atoms with E-state index in [-0.39, 0.29) is 0 Å². The van der Waals surface area contributed by atoms with E-state index < -0.39 is 0 Å². The van der Waals surface area contributed by atoms with Gasteiger partial charge in [0, 0.05) is 47.3 Å². The third-order valence-electron chi connectivity index (χ3n) is 4.70. The molecule has 1 aliphatic heterocycles. The lowest BCUT2D eigenvalue weighted by Crippen LogP contribution is -2.27. The van der Waals surface area contributed by atoms with E-state index in [0.717, 1.165) is 35.8 Å². The van der Waals surface area contributed by atoms with Crippen LogP contribution in [0.2, 0.25) is 5.02 Å². The highest BCUT2D eigenvalue weighted by atomic mass is 35.5. The maximum Gasteiger partial charge on any atom is 0.0529 e. The molecule has 24 heavy (non-hydrogen) atoms. The van der Waals surface area contributed by atoms with Crippen LogP contribution in [0.4, 0.5) is 0 Å². The van der Waals surface area contributed by atoms with Crippen LogP contribution in [0.25, 0.3) is 23.2 Å². The van der Waals surface area contributed by atoms with Gasteiger partial charge in [-0.15, -0.1) is 0 Å². The van der Waals surface area contributed by atoms with Crippen molar-refractivity contribution in [3.63, 3.8) is 0 Å². The third-order valence-corrected chi connectivity index (χ3v) is 4.93. The summed E-state index contributed by atoms with van der Waals surface area (Å²) in [6, 6.07) is 10.3. The van der Waals surface area contributed by atoms with Gasteiger partial charge in [-0.3, -0.25) is 4.98 Å². The van der Waals surface area contributed by atoms with Crippen molar-refractivity contribution >= 4 is 34.8 Å². The Bertz CT molecular complexity index is 922. The lowest BCUT2D eigenvalue weighted by molar-refractivity contribution is 0.308. The number of halogens is 1. The third kappa shape index (κ3) is 2.74. The van der Waals surface area contributed by atoms with Crippen molar-refractivity contribution in [2.45, 2.75) is 19.9 Å². The predicted octanol–water partition coefficient (Wildman–Crippen LogP) is 4.61. The fraction of sp³-hybridized carbons (Fsp3) is 0.250. The number of aryl methyl sites for hydroxylation is 1. The molecule has 0 atom stereocenters. The van der Waals surface area contributed by atoms with Gasteiger partial charge in [-0.25, -0.2) is 0 Å². The normalized spacial score (nSPS) is 15.3. The monoisotopic (exact) mass is 337 g/mol. The Labute approximate surface area is 147 Å². The van der Waals surface area contributed by atoms with Crippen molar-refractivity contribution in [3.8, 4) is 0 Å². The van der Waals surface area contributed by atoms with E-state index >= 15 is 0 Å². The van der Waals surface area contributed by atoms with Gasteiger partial charge in [0.1, 0.15) is 0 Å². The molecule has 0 bridgehead atoms. The highest BCUT2D eigenvalue weighted by Gasteiger charge is 2.21. The molecule has 0 aliphatic carbocycles. The van der Waals surface area contributed by atoms with Crippen LogP contribution in [0.3, 0.4) is 0 Å². The van der Waals surface area contributed by atoms with Crippen molar-refractivity contribution in [2.24, 2.45) is 0 Å². The molecule has 0 unspecified atom stereocenters. The molecule has 3 nitrogen and oxygen atoms in total. The molecule has 2 aromatic heterocycles. The van der Waals surface area contributed by atoms with Gasteiger partial charge in [-0.1, -0.05) is 17.7 Å². The van der Waals surface area contributed by atoms with Crippen LogP contribution in [-0.2, 0) is 13.0 Å². The highest BCUT2D eigenvalue weighted by Crippen LogP contribution is 2.32. The Morgan fingerprint density at radius 3 is 2.88 bits per heavy atom. The second-order valence-electron chi connectivity index (χ2n) is 6.49. The molecular weight excluding hydrogens is 318 g/mol. The molecule has 3 aromatic rings. The molecular formula is C20H20ClN3. The standard InChI is InChI=1S/C20H20ClN3/c1-14-3-4-15(12-22-14)7-10-24-19-6-5-16(21)11-18(19)17-8-9-23(2)13-20(17)24/h3-7,10-12H,8-9,13H2,1-2H3/b10-7+. The van der Waals surface area contributed by atoms with E-state index in [4.69, 9.17) is 11.6 Å². The number of hydrogen-bond donors (Lipinski definition) is 0. The molecule has 0 spiro atoms. The number of hydrogen-bond acceptors (Lipinski definition) is 2. The summed E-state index contributed by atoms with van der Waals surface area (Å²) in [6.07, 6.45) is 7.25. The number of aromatic nitrogens is 2. The number of likely N-dealkylation sites (N-methyl/N-ethyl adjacent to an activating group) is 1. The number of nitrogens with zero attached hydrogens (tertiary/aromatic N) is 3. The quantitative estimate of drug-likeness (QED) is 0.680. The fourth-order valence-corrected chi connectivity index (χ4v) is 3.58. The molecule has 0 saturated heterocycles. The smallest absolute Gasteiger partial charge is 0.0529 e. The van der Waals surface area contributed by atoms with Gasteiger partial charge < -0.3 is 9.47 Å². The maximum atomic E-state index is 6.24. The molecule has 4 heteroatoms. The average molecular weight is 338 g/mol. The van der Waals surface area contributed by atoms with Crippen molar-refractivity contribution in [3.05, 3.63) is 64.1 Å². The van der Waals surface area contributed by atoms with Crippen LogP contribution in [0.15, 0.2) is 36.5 Å². The minimum atomic E-state index is 0.799. The Balaban J connectivity index is 1.84. The molecule has 1 aromatic carbocycles. The minimum Gasteiger partial charge on any atom is -0.319 e. The first-order chi connectivity index (χ1) is 11.6. The number of pyridine rings is 1. The number of benzene rings is 1. The fourth-order valence-electron chi connectivity index (χ4n) is 3.40. The summed E-state index contributed by atoms with van der Waals surface area (Å²) < 4.78 is 2.30. The zero-order chi connectivity index (χ0) is 16.7. The predicted molar refractivity (Wildman–Crippen MR) is 101 cm³/mol. The molecule has 0 fully saturated rings. The summed E-state index contributed by atoms with van der Waals surface area (Å²) in [5.74, 6) is 0. The Hall–Kier alpha value is -2.10. The second-order valence-corrected chi connectivity index (χ2v) is 6.93. The zero-order valence-corrected chi connectivity index (χ0v) is 14.7. The molecule has 3 heterocycles. The molecule has 0 amide bonds. The number of fused-ring (bicyclic) bond motifs is 3. The molecule has 0 radical (unpaired) electrons. The van der Waals surface area contributed by atoms with Crippen molar-refractivity contribution < 1.29 is 0 Å². The molecule has 0 N–H and O–H groups in total. The SMILES string of the molecule is Cc1ccc(/C=C/n2c3c(c4cc(Cl)ccc42)CCN(C)C3)cn1. The second kappa shape index (κ2) is 6.08. The van der Waals surface area contributed by atoms with Gasteiger partial charge >= 0.3 is 0 Å². The van der Waals surface area contributed by atoms with Crippen molar-refractivity contribution in [1.82, 2.24) is 14.5 Å². The van der Waals surface area contributed by atoms with Gasteiger partial charge in [-0.2, -0.15) is 0 Å². The van der Waals surface area contributed by atoms with Crippen LogP contribution in [0, 0.1) is 6.92 Å². The molecule has 1 aliphatic rings. The van der Waals surface area contributed by atoms with Crippen LogP contribution < -0.4 is 0 Å². The molecule has 122 valence electrons. The van der Waals surface area contributed by atoms with E-state index in [1.807, 2.05) is 25.3 Å². The molecule has 0 saturated carbocycles. The summed E-state index contributed by atoms with van der Waals surface area (Å²) in [6.45, 7) is 4.05. The first-order valence-corrected chi connectivity index (χ1v) is 8.60. The summed E-state index contributed by atoms with van der Waals surface area (Å²) in [7, 11) is 2.17. The summed E-state index contributed by atoms with van der Waals surface area (Å²) in [4.78, 5) is 6.73. The number of rotatable bonds is 2. The largest absolute Gasteiger partial charge is 0.319 e. The Morgan fingerprint density at radius 2 is 2.08 bits per heavy atom. The van der Waals surface area contributed by atoms with Crippen LogP contribution in [-0.4, -0.2) is 28.0 Å². The average Bonchev–Trinajstić information content (AvgIpc) is 2.86.